The summed E-state index contributed by atoms with van der Waals surface area (Å²) in [7, 11) is 0. The molecular formula is C8H15N3O6. The largest absolute Gasteiger partial charge is 0.394 e. The lowest BCUT2D eigenvalue weighted by Gasteiger charge is -2.39. The van der Waals surface area contributed by atoms with Gasteiger partial charge in [0.1, 0.15) is 24.4 Å². The van der Waals surface area contributed by atoms with Crippen LogP contribution >= 0.6 is 0 Å². The summed E-state index contributed by atoms with van der Waals surface area (Å²) in [4.78, 5) is 2.51. The van der Waals surface area contributed by atoms with E-state index >= 15 is 0 Å². The first-order valence-electron chi connectivity index (χ1n) is 5.04. The molecule has 0 unspecified atom stereocenters. The molecule has 4 N–H and O–H groups in total. The van der Waals surface area contributed by atoms with Gasteiger partial charge < -0.3 is 29.9 Å². The number of hydrogen-bond donors (Lipinski definition) is 4. The second-order valence-corrected chi connectivity index (χ2v) is 3.52. The van der Waals surface area contributed by atoms with E-state index in [0.29, 0.717) is 0 Å². The van der Waals surface area contributed by atoms with Crippen molar-refractivity contribution in [2.45, 2.75) is 30.7 Å². The fraction of sp³-hybridized carbons (Fsp3) is 1.00. The first-order chi connectivity index (χ1) is 8.11. The Hall–Kier alpha value is -0.930. The quantitative estimate of drug-likeness (QED) is 0.194. The molecule has 1 rings (SSSR count). The minimum absolute atomic E-state index is 0.00719. The van der Waals surface area contributed by atoms with Crippen molar-refractivity contribution in [1.82, 2.24) is 0 Å². The number of aliphatic hydroxyl groups is 4. The third kappa shape index (κ3) is 3.51. The minimum atomic E-state index is -1.47. The van der Waals surface area contributed by atoms with Crippen LogP contribution in [0.15, 0.2) is 5.11 Å². The first-order valence-corrected chi connectivity index (χ1v) is 5.04. The van der Waals surface area contributed by atoms with Crippen LogP contribution in [0.4, 0.5) is 0 Å². The van der Waals surface area contributed by atoms with Gasteiger partial charge in [-0.3, -0.25) is 0 Å². The predicted octanol–water partition coefficient (Wildman–Crippen LogP) is -1.89. The van der Waals surface area contributed by atoms with Gasteiger partial charge in [0.2, 0.25) is 0 Å². The van der Waals surface area contributed by atoms with Crippen molar-refractivity contribution < 1.29 is 29.9 Å². The van der Waals surface area contributed by atoms with Crippen LogP contribution in [0.25, 0.3) is 10.4 Å². The Balaban J connectivity index is 2.50. The van der Waals surface area contributed by atoms with E-state index in [-0.39, 0.29) is 13.2 Å². The molecule has 9 nitrogen and oxygen atoms in total. The van der Waals surface area contributed by atoms with E-state index in [1.807, 2.05) is 0 Å². The highest BCUT2D eigenvalue weighted by Gasteiger charge is 2.43. The second kappa shape index (κ2) is 6.72. The highest BCUT2D eigenvalue weighted by molar-refractivity contribution is 4.88. The minimum Gasteiger partial charge on any atom is -0.394 e. The Morgan fingerprint density at radius 1 is 1.24 bits per heavy atom. The molecule has 0 radical (unpaired) electrons. The van der Waals surface area contributed by atoms with Crippen molar-refractivity contribution >= 4 is 0 Å². The summed E-state index contributed by atoms with van der Waals surface area (Å²) < 4.78 is 10.1. The van der Waals surface area contributed by atoms with Crippen LogP contribution in [0.5, 0.6) is 0 Å². The zero-order valence-corrected chi connectivity index (χ0v) is 8.96. The van der Waals surface area contributed by atoms with E-state index in [1.165, 1.54) is 0 Å². The number of hydrogen-bond acceptors (Lipinski definition) is 7. The van der Waals surface area contributed by atoms with Gasteiger partial charge in [-0.25, -0.2) is 0 Å². The van der Waals surface area contributed by atoms with Crippen molar-refractivity contribution in [3.8, 4) is 0 Å². The van der Waals surface area contributed by atoms with Crippen molar-refractivity contribution in [2.24, 2.45) is 5.11 Å². The molecule has 1 aliphatic heterocycles. The van der Waals surface area contributed by atoms with Gasteiger partial charge in [0.15, 0.2) is 6.29 Å². The molecule has 1 heterocycles. The lowest BCUT2D eigenvalue weighted by atomic mass is 9.99. The number of rotatable bonds is 5. The summed E-state index contributed by atoms with van der Waals surface area (Å²) in [6, 6.07) is 0. The molecule has 0 spiro atoms. The molecule has 98 valence electrons. The normalized spacial score (nSPS) is 37.5. The standard InChI is InChI=1S/C8H15N3O6/c9-11-10-1-2-16-8-7(15)6(14)5(13)4(3-12)17-8/h4-8,12-15H,1-3H2/t4-,5-,6-,7+,8+/m0/s1. The van der Waals surface area contributed by atoms with Crippen LogP contribution in [0.2, 0.25) is 0 Å². The molecule has 1 saturated heterocycles. The third-order valence-electron chi connectivity index (χ3n) is 2.39. The Morgan fingerprint density at radius 2 is 1.94 bits per heavy atom. The Bertz CT molecular complexity index is 282. The average Bonchev–Trinajstić information content (AvgIpc) is 2.34. The van der Waals surface area contributed by atoms with Crippen molar-refractivity contribution in [3.05, 3.63) is 10.4 Å². The monoisotopic (exact) mass is 249 g/mol. The predicted molar refractivity (Wildman–Crippen MR) is 53.7 cm³/mol. The first kappa shape index (κ1) is 14.1. The van der Waals surface area contributed by atoms with E-state index in [9.17, 15) is 15.3 Å². The Labute approximate surface area is 96.8 Å². The fourth-order valence-electron chi connectivity index (χ4n) is 1.46. The highest BCUT2D eigenvalue weighted by atomic mass is 16.7. The molecule has 1 aliphatic rings. The van der Waals surface area contributed by atoms with E-state index in [1.54, 1.807) is 0 Å². The Kier molecular flexibility index (Phi) is 5.59. The van der Waals surface area contributed by atoms with E-state index in [0.717, 1.165) is 0 Å². The SMILES string of the molecule is [N-]=[N+]=NCCO[C@@H]1O[C@@H](CO)[C@H](O)[C@H](O)[C@H]1O. The molecule has 0 aromatic carbocycles. The zero-order chi connectivity index (χ0) is 12.8. The molecule has 9 heteroatoms. The third-order valence-corrected chi connectivity index (χ3v) is 2.39. The van der Waals surface area contributed by atoms with Gasteiger partial charge in [0.05, 0.1) is 13.2 Å². The second-order valence-electron chi connectivity index (χ2n) is 3.52. The molecule has 17 heavy (non-hydrogen) atoms. The molecule has 0 aliphatic carbocycles. The van der Waals surface area contributed by atoms with Crippen LogP contribution in [0.3, 0.4) is 0 Å². The number of azide groups is 1. The summed E-state index contributed by atoms with van der Waals surface area (Å²) in [5.41, 5.74) is 8.03. The maximum absolute atomic E-state index is 9.53. The van der Waals surface area contributed by atoms with Gasteiger partial charge in [0, 0.05) is 11.5 Å². The molecule has 0 amide bonds. The van der Waals surface area contributed by atoms with Crippen molar-refractivity contribution in [3.63, 3.8) is 0 Å². The van der Waals surface area contributed by atoms with E-state index in [4.69, 9.17) is 20.1 Å². The smallest absolute Gasteiger partial charge is 0.186 e. The zero-order valence-electron chi connectivity index (χ0n) is 8.96. The van der Waals surface area contributed by atoms with Crippen molar-refractivity contribution in [1.29, 1.82) is 0 Å². The summed E-state index contributed by atoms with van der Waals surface area (Å²) >= 11 is 0. The maximum atomic E-state index is 9.53. The number of aliphatic hydroxyl groups excluding tert-OH is 4. The summed E-state index contributed by atoms with van der Waals surface area (Å²) in [6.45, 7) is -0.473. The van der Waals surface area contributed by atoms with Crippen LogP contribution in [-0.4, -0.2) is 70.9 Å². The molecule has 0 aromatic heterocycles. The van der Waals surface area contributed by atoms with Gasteiger partial charge in [-0.1, -0.05) is 5.11 Å². The average molecular weight is 249 g/mol. The molecule has 1 fully saturated rings. The van der Waals surface area contributed by atoms with Gasteiger partial charge in [-0.05, 0) is 5.53 Å². The summed E-state index contributed by atoms with van der Waals surface area (Å²) in [5, 5.41) is 40.5. The fourth-order valence-corrected chi connectivity index (χ4v) is 1.46. The molecule has 0 saturated carbocycles. The topological polar surface area (TPSA) is 148 Å². The lowest BCUT2D eigenvalue weighted by Crippen LogP contribution is -2.59. The molecule has 0 bridgehead atoms. The van der Waals surface area contributed by atoms with E-state index in [2.05, 4.69) is 10.0 Å². The Morgan fingerprint density at radius 3 is 2.53 bits per heavy atom. The summed E-state index contributed by atoms with van der Waals surface area (Å²) in [5.74, 6) is 0. The number of ether oxygens (including phenoxy) is 2. The van der Waals surface area contributed by atoms with Crippen LogP contribution < -0.4 is 0 Å². The van der Waals surface area contributed by atoms with Crippen molar-refractivity contribution in [2.75, 3.05) is 19.8 Å². The maximum Gasteiger partial charge on any atom is 0.186 e. The van der Waals surface area contributed by atoms with Crippen LogP contribution in [0, 0.1) is 0 Å². The molecule has 5 atom stereocenters. The van der Waals surface area contributed by atoms with E-state index < -0.39 is 37.3 Å². The summed E-state index contributed by atoms with van der Waals surface area (Å²) in [6.07, 6.45) is -6.49. The molecule has 0 aromatic rings. The highest BCUT2D eigenvalue weighted by Crippen LogP contribution is 2.21. The van der Waals surface area contributed by atoms with Gasteiger partial charge in [0.25, 0.3) is 0 Å². The number of nitrogens with zero attached hydrogens (tertiary/aromatic N) is 3. The van der Waals surface area contributed by atoms with Crippen LogP contribution in [-0.2, 0) is 9.47 Å². The lowest BCUT2D eigenvalue weighted by molar-refractivity contribution is -0.300. The van der Waals surface area contributed by atoms with Gasteiger partial charge >= 0.3 is 0 Å². The van der Waals surface area contributed by atoms with Crippen LogP contribution in [0.1, 0.15) is 0 Å². The van der Waals surface area contributed by atoms with Gasteiger partial charge in [-0.2, -0.15) is 0 Å². The molecular weight excluding hydrogens is 234 g/mol. The van der Waals surface area contributed by atoms with Gasteiger partial charge in [-0.15, -0.1) is 0 Å².